The molecule has 4 nitrogen and oxygen atoms in total. The standard InChI is InChI=1S/C25H32N2O2/c1-2-3-7-19-12-16-23(17-13-19)27-25(29)22-14-10-20(11-15-22)18-26-24(28)21-8-5-4-6-9-21/h10-17,21H,2-9,18H2,1H3,(H,26,28)(H,27,29). The van der Waals surface area contributed by atoms with Crippen molar-refractivity contribution in [3.63, 3.8) is 0 Å². The van der Waals surface area contributed by atoms with E-state index in [4.69, 9.17) is 0 Å². The molecule has 154 valence electrons. The van der Waals surface area contributed by atoms with Gasteiger partial charge in [-0.1, -0.05) is 56.9 Å². The van der Waals surface area contributed by atoms with Crippen LogP contribution in [0.25, 0.3) is 0 Å². The van der Waals surface area contributed by atoms with Crippen molar-refractivity contribution in [3.05, 3.63) is 65.2 Å². The third-order valence-electron chi connectivity index (χ3n) is 5.69. The second-order valence-corrected chi connectivity index (χ2v) is 8.00. The summed E-state index contributed by atoms with van der Waals surface area (Å²) in [6.07, 6.45) is 9.00. The molecule has 0 atom stereocenters. The van der Waals surface area contributed by atoms with Gasteiger partial charge in [0, 0.05) is 23.7 Å². The summed E-state index contributed by atoms with van der Waals surface area (Å²) in [5.41, 5.74) is 3.72. The molecule has 0 heterocycles. The van der Waals surface area contributed by atoms with Crippen molar-refractivity contribution in [2.45, 2.75) is 64.8 Å². The van der Waals surface area contributed by atoms with E-state index in [2.05, 4.69) is 29.7 Å². The summed E-state index contributed by atoms with van der Waals surface area (Å²) in [6.45, 7) is 2.70. The van der Waals surface area contributed by atoms with Gasteiger partial charge in [0.05, 0.1) is 0 Å². The maximum Gasteiger partial charge on any atom is 0.255 e. The third-order valence-corrected chi connectivity index (χ3v) is 5.69. The molecule has 1 fully saturated rings. The largest absolute Gasteiger partial charge is 0.352 e. The van der Waals surface area contributed by atoms with Crippen molar-refractivity contribution in [2.75, 3.05) is 5.32 Å². The van der Waals surface area contributed by atoms with E-state index < -0.39 is 0 Å². The summed E-state index contributed by atoms with van der Waals surface area (Å²) >= 11 is 0. The van der Waals surface area contributed by atoms with Crippen LogP contribution < -0.4 is 10.6 Å². The maximum absolute atomic E-state index is 12.5. The fraction of sp³-hybridized carbons (Fsp3) is 0.440. The molecule has 1 saturated carbocycles. The van der Waals surface area contributed by atoms with Crippen LogP contribution in [0.1, 0.15) is 73.4 Å². The van der Waals surface area contributed by atoms with E-state index in [1.165, 1.54) is 24.8 Å². The van der Waals surface area contributed by atoms with Crippen molar-refractivity contribution in [2.24, 2.45) is 5.92 Å². The van der Waals surface area contributed by atoms with Crippen molar-refractivity contribution >= 4 is 17.5 Å². The maximum atomic E-state index is 12.5. The number of carbonyl (C=O) groups is 2. The Labute approximate surface area is 174 Å². The number of hydrogen-bond acceptors (Lipinski definition) is 2. The van der Waals surface area contributed by atoms with Crippen molar-refractivity contribution in [3.8, 4) is 0 Å². The van der Waals surface area contributed by atoms with E-state index in [1.54, 1.807) is 0 Å². The summed E-state index contributed by atoms with van der Waals surface area (Å²) in [5, 5.41) is 5.98. The minimum atomic E-state index is -0.121. The second-order valence-electron chi connectivity index (χ2n) is 8.00. The predicted octanol–water partition coefficient (Wildman–Crippen LogP) is 5.48. The molecule has 1 aliphatic carbocycles. The average molecular weight is 393 g/mol. The average Bonchev–Trinajstić information content (AvgIpc) is 2.78. The van der Waals surface area contributed by atoms with Crippen LogP contribution in [0.3, 0.4) is 0 Å². The highest BCUT2D eigenvalue weighted by Crippen LogP contribution is 2.23. The van der Waals surface area contributed by atoms with Gasteiger partial charge in [0.15, 0.2) is 0 Å². The second kappa shape index (κ2) is 10.8. The molecule has 0 radical (unpaired) electrons. The molecule has 0 aliphatic heterocycles. The summed E-state index contributed by atoms with van der Waals surface area (Å²) in [4.78, 5) is 24.7. The normalized spacial score (nSPS) is 14.4. The molecule has 29 heavy (non-hydrogen) atoms. The summed E-state index contributed by atoms with van der Waals surface area (Å²) in [7, 11) is 0. The number of unbranched alkanes of at least 4 members (excludes halogenated alkanes) is 1. The van der Waals surface area contributed by atoms with Crippen LogP contribution in [0.4, 0.5) is 5.69 Å². The first-order valence-corrected chi connectivity index (χ1v) is 10.9. The first kappa shape index (κ1) is 21.1. The van der Waals surface area contributed by atoms with Crippen LogP contribution in [-0.4, -0.2) is 11.8 Å². The molecule has 0 bridgehead atoms. The van der Waals surface area contributed by atoms with Crippen LogP contribution in [0.5, 0.6) is 0 Å². The molecule has 3 rings (SSSR count). The first-order chi connectivity index (χ1) is 14.2. The molecule has 1 aliphatic rings. The molecule has 2 N–H and O–H groups in total. The number of anilines is 1. The van der Waals surface area contributed by atoms with Gasteiger partial charge in [0.2, 0.25) is 5.91 Å². The summed E-state index contributed by atoms with van der Waals surface area (Å²) in [6, 6.07) is 15.5. The van der Waals surface area contributed by atoms with Crippen LogP contribution in [-0.2, 0) is 17.8 Å². The Balaban J connectivity index is 1.48. The van der Waals surface area contributed by atoms with Gasteiger partial charge < -0.3 is 10.6 Å². The SMILES string of the molecule is CCCCc1ccc(NC(=O)c2ccc(CNC(=O)C3CCCCC3)cc2)cc1. The lowest BCUT2D eigenvalue weighted by atomic mass is 9.88. The molecule has 2 amide bonds. The molecule has 0 aromatic heterocycles. The van der Waals surface area contributed by atoms with E-state index in [1.807, 2.05) is 36.4 Å². The number of amides is 2. The predicted molar refractivity (Wildman–Crippen MR) is 118 cm³/mol. The van der Waals surface area contributed by atoms with Crippen LogP contribution >= 0.6 is 0 Å². The molecule has 0 spiro atoms. The topological polar surface area (TPSA) is 58.2 Å². The lowest BCUT2D eigenvalue weighted by Gasteiger charge is -2.20. The van der Waals surface area contributed by atoms with Crippen LogP contribution in [0.2, 0.25) is 0 Å². The number of rotatable bonds is 8. The van der Waals surface area contributed by atoms with Gasteiger partial charge in [-0.2, -0.15) is 0 Å². The van der Waals surface area contributed by atoms with Crippen molar-refractivity contribution in [1.29, 1.82) is 0 Å². The highest BCUT2D eigenvalue weighted by molar-refractivity contribution is 6.04. The number of hydrogen-bond donors (Lipinski definition) is 2. The lowest BCUT2D eigenvalue weighted by molar-refractivity contribution is -0.126. The van der Waals surface area contributed by atoms with Gasteiger partial charge in [0.1, 0.15) is 0 Å². The Morgan fingerprint density at radius 3 is 2.21 bits per heavy atom. The zero-order valence-corrected chi connectivity index (χ0v) is 17.4. The van der Waals surface area contributed by atoms with E-state index in [0.717, 1.165) is 43.4 Å². The fourth-order valence-corrected chi connectivity index (χ4v) is 3.81. The highest BCUT2D eigenvalue weighted by Gasteiger charge is 2.20. The smallest absolute Gasteiger partial charge is 0.255 e. The van der Waals surface area contributed by atoms with Gasteiger partial charge in [0.25, 0.3) is 5.91 Å². The highest BCUT2D eigenvalue weighted by atomic mass is 16.2. The number of aryl methyl sites for hydroxylation is 1. The molecular weight excluding hydrogens is 360 g/mol. The molecule has 2 aromatic rings. The van der Waals surface area contributed by atoms with Crippen LogP contribution in [0.15, 0.2) is 48.5 Å². The van der Waals surface area contributed by atoms with E-state index in [-0.39, 0.29) is 17.7 Å². The van der Waals surface area contributed by atoms with Gasteiger partial charge in [-0.3, -0.25) is 9.59 Å². The molecular formula is C25H32N2O2. The Morgan fingerprint density at radius 1 is 0.897 bits per heavy atom. The zero-order valence-electron chi connectivity index (χ0n) is 17.4. The molecule has 0 saturated heterocycles. The third kappa shape index (κ3) is 6.45. The monoisotopic (exact) mass is 392 g/mol. The van der Waals surface area contributed by atoms with Crippen molar-refractivity contribution < 1.29 is 9.59 Å². The minimum Gasteiger partial charge on any atom is -0.352 e. The van der Waals surface area contributed by atoms with E-state index >= 15 is 0 Å². The van der Waals surface area contributed by atoms with E-state index in [0.29, 0.717) is 12.1 Å². The number of benzene rings is 2. The van der Waals surface area contributed by atoms with Crippen LogP contribution in [0, 0.1) is 5.92 Å². The van der Waals surface area contributed by atoms with Gasteiger partial charge in [-0.15, -0.1) is 0 Å². The fourth-order valence-electron chi connectivity index (χ4n) is 3.81. The number of nitrogens with one attached hydrogen (secondary N) is 2. The molecule has 0 unspecified atom stereocenters. The Morgan fingerprint density at radius 2 is 1.55 bits per heavy atom. The summed E-state index contributed by atoms with van der Waals surface area (Å²) in [5.74, 6) is 0.208. The van der Waals surface area contributed by atoms with Gasteiger partial charge >= 0.3 is 0 Å². The van der Waals surface area contributed by atoms with Gasteiger partial charge in [-0.25, -0.2) is 0 Å². The molecule has 2 aromatic carbocycles. The minimum absolute atomic E-state index is 0.121. The Hall–Kier alpha value is -2.62. The Bertz CT molecular complexity index is 791. The van der Waals surface area contributed by atoms with Gasteiger partial charge in [-0.05, 0) is 61.1 Å². The van der Waals surface area contributed by atoms with Crippen molar-refractivity contribution in [1.82, 2.24) is 5.32 Å². The molecule has 4 heteroatoms. The zero-order chi connectivity index (χ0) is 20.5. The summed E-state index contributed by atoms with van der Waals surface area (Å²) < 4.78 is 0. The Kier molecular flexibility index (Phi) is 7.85. The quantitative estimate of drug-likeness (QED) is 0.625. The number of carbonyl (C=O) groups excluding carboxylic acids is 2. The first-order valence-electron chi connectivity index (χ1n) is 10.9. The van der Waals surface area contributed by atoms with E-state index in [9.17, 15) is 9.59 Å². The lowest BCUT2D eigenvalue weighted by Crippen LogP contribution is -2.31.